The maximum Gasteiger partial charge on any atom is 0.281 e. The zero-order valence-electron chi connectivity index (χ0n) is 14.0. The van der Waals surface area contributed by atoms with Crippen molar-refractivity contribution < 1.29 is 19.2 Å². The molecular weight excluding hydrogens is 306 g/mol. The van der Waals surface area contributed by atoms with E-state index in [-0.39, 0.29) is 18.3 Å². The van der Waals surface area contributed by atoms with Gasteiger partial charge >= 0.3 is 0 Å². The van der Waals surface area contributed by atoms with Crippen LogP contribution in [0.3, 0.4) is 0 Å². The number of nitrogens with one attached hydrogen (secondary N) is 1. The van der Waals surface area contributed by atoms with Gasteiger partial charge in [0.1, 0.15) is 5.75 Å². The highest BCUT2D eigenvalue weighted by Crippen LogP contribution is 2.15. The number of ether oxygens (including phenoxy) is 1. The third-order valence-corrected chi connectivity index (χ3v) is 2.99. The Labute approximate surface area is 141 Å². The van der Waals surface area contributed by atoms with Gasteiger partial charge in [0.05, 0.1) is 5.60 Å². The second-order valence-electron chi connectivity index (χ2n) is 6.25. The number of hydroxylamine groups is 1. The predicted octanol–water partition coefficient (Wildman–Crippen LogP) is 3.14. The molecule has 0 saturated carbocycles. The predicted molar refractivity (Wildman–Crippen MR) is 90.8 cm³/mol. The molecule has 0 unspecified atom stereocenters. The van der Waals surface area contributed by atoms with Crippen molar-refractivity contribution in [3.63, 3.8) is 0 Å². The Hall–Kier alpha value is -2.66. The summed E-state index contributed by atoms with van der Waals surface area (Å²) in [5.41, 5.74) is 3.06. The lowest BCUT2D eigenvalue weighted by atomic mass is 10.0. The van der Waals surface area contributed by atoms with Crippen LogP contribution >= 0.6 is 0 Å². The van der Waals surface area contributed by atoms with Crippen LogP contribution in [0.1, 0.15) is 36.7 Å². The Morgan fingerprint density at radius 3 is 2.08 bits per heavy atom. The summed E-state index contributed by atoms with van der Waals surface area (Å²) in [6, 6.07) is 15.7. The molecule has 5 nitrogen and oxygen atoms in total. The zero-order chi connectivity index (χ0) is 17.6. The molecular formula is C19H21NO4. The third kappa shape index (κ3) is 5.52. The van der Waals surface area contributed by atoms with Crippen LogP contribution in [0.15, 0.2) is 54.6 Å². The minimum atomic E-state index is -0.463. The molecule has 0 heterocycles. The SMILES string of the molecule is CC(C)(C)ONC(=O)COc1ccc(C(=O)c2ccccc2)cc1. The van der Waals surface area contributed by atoms with E-state index in [0.29, 0.717) is 16.9 Å². The van der Waals surface area contributed by atoms with Gasteiger partial charge in [-0.05, 0) is 45.0 Å². The average molecular weight is 327 g/mol. The minimum absolute atomic E-state index is 0.0570. The van der Waals surface area contributed by atoms with Gasteiger partial charge in [-0.2, -0.15) is 0 Å². The van der Waals surface area contributed by atoms with E-state index >= 15 is 0 Å². The first-order valence-corrected chi connectivity index (χ1v) is 7.64. The molecule has 0 bridgehead atoms. The van der Waals surface area contributed by atoms with Gasteiger partial charge in [-0.1, -0.05) is 30.3 Å². The number of rotatable bonds is 6. The maximum absolute atomic E-state index is 12.3. The molecule has 2 aromatic rings. The molecule has 0 atom stereocenters. The van der Waals surface area contributed by atoms with Crippen molar-refractivity contribution in [3.8, 4) is 5.75 Å². The molecule has 5 heteroatoms. The van der Waals surface area contributed by atoms with E-state index in [9.17, 15) is 9.59 Å². The normalized spacial score (nSPS) is 11.0. The van der Waals surface area contributed by atoms with Gasteiger partial charge in [-0.15, -0.1) is 0 Å². The summed E-state index contributed by atoms with van der Waals surface area (Å²) in [5.74, 6) is 0.0679. The number of hydrogen-bond acceptors (Lipinski definition) is 4. The summed E-state index contributed by atoms with van der Waals surface area (Å²) in [7, 11) is 0. The topological polar surface area (TPSA) is 64.6 Å². The van der Waals surface area contributed by atoms with Gasteiger partial charge in [0.2, 0.25) is 0 Å². The number of carbonyl (C=O) groups is 2. The molecule has 0 saturated heterocycles. The summed E-state index contributed by atoms with van der Waals surface area (Å²) in [6.07, 6.45) is 0. The van der Waals surface area contributed by atoms with Gasteiger partial charge in [0, 0.05) is 11.1 Å². The number of benzene rings is 2. The van der Waals surface area contributed by atoms with Crippen molar-refractivity contribution in [2.24, 2.45) is 0 Å². The van der Waals surface area contributed by atoms with E-state index in [1.807, 2.05) is 39.0 Å². The minimum Gasteiger partial charge on any atom is -0.484 e. The molecule has 0 aliphatic heterocycles. The van der Waals surface area contributed by atoms with Crippen LogP contribution in [0.25, 0.3) is 0 Å². The molecule has 0 aliphatic rings. The van der Waals surface area contributed by atoms with Crippen LogP contribution in [0, 0.1) is 0 Å². The van der Waals surface area contributed by atoms with Crippen LogP contribution in [-0.4, -0.2) is 23.9 Å². The summed E-state index contributed by atoms with van der Waals surface area (Å²) < 4.78 is 5.37. The van der Waals surface area contributed by atoms with E-state index in [2.05, 4.69) is 5.48 Å². The van der Waals surface area contributed by atoms with Crippen LogP contribution in [0.2, 0.25) is 0 Å². The van der Waals surface area contributed by atoms with Crippen molar-refractivity contribution >= 4 is 11.7 Å². The van der Waals surface area contributed by atoms with Gasteiger partial charge in [0.25, 0.3) is 5.91 Å². The molecule has 2 rings (SSSR count). The number of amides is 1. The highest BCUT2D eigenvalue weighted by atomic mass is 16.7. The lowest BCUT2D eigenvalue weighted by Gasteiger charge is -2.18. The van der Waals surface area contributed by atoms with Crippen LogP contribution in [0.5, 0.6) is 5.75 Å². The molecule has 0 fully saturated rings. The Bertz CT molecular complexity index is 688. The second-order valence-corrected chi connectivity index (χ2v) is 6.25. The zero-order valence-corrected chi connectivity index (χ0v) is 14.0. The molecule has 0 aromatic heterocycles. The summed E-state index contributed by atoms with van der Waals surface area (Å²) >= 11 is 0. The summed E-state index contributed by atoms with van der Waals surface area (Å²) in [6.45, 7) is 5.33. The highest BCUT2D eigenvalue weighted by molar-refractivity contribution is 6.08. The van der Waals surface area contributed by atoms with Gasteiger partial charge in [-0.25, -0.2) is 5.48 Å². The monoisotopic (exact) mass is 327 g/mol. The third-order valence-electron chi connectivity index (χ3n) is 2.99. The Morgan fingerprint density at radius 2 is 1.50 bits per heavy atom. The number of hydrogen-bond donors (Lipinski definition) is 1. The Balaban J connectivity index is 1.88. The lowest BCUT2D eigenvalue weighted by molar-refractivity contribution is -0.147. The fourth-order valence-electron chi connectivity index (χ4n) is 1.85. The van der Waals surface area contributed by atoms with Crippen molar-refractivity contribution in [2.75, 3.05) is 6.61 Å². The number of carbonyl (C=O) groups excluding carboxylic acids is 2. The molecule has 1 amide bonds. The fourth-order valence-corrected chi connectivity index (χ4v) is 1.85. The molecule has 2 aromatic carbocycles. The Kier molecular flexibility index (Phi) is 5.71. The van der Waals surface area contributed by atoms with Crippen molar-refractivity contribution in [1.29, 1.82) is 0 Å². The van der Waals surface area contributed by atoms with Crippen molar-refractivity contribution in [2.45, 2.75) is 26.4 Å². The smallest absolute Gasteiger partial charge is 0.281 e. The van der Waals surface area contributed by atoms with Crippen molar-refractivity contribution in [1.82, 2.24) is 5.48 Å². The number of ketones is 1. The molecule has 0 spiro atoms. The molecule has 0 aliphatic carbocycles. The fraction of sp³-hybridized carbons (Fsp3) is 0.263. The molecule has 0 radical (unpaired) electrons. The largest absolute Gasteiger partial charge is 0.484 e. The van der Waals surface area contributed by atoms with Crippen LogP contribution < -0.4 is 10.2 Å². The Morgan fingerprint density at radius 1 is 0.917 bits per heavy atom. The van der Waals surface area contributed by atoms with Crippen LogP contribution in [-0.2, 0) is 9.63 Å². The van der Waals surface area contributed by atoms with E-state index in [0.717, 1.165) is 0 Å². The molecule has 1 N–H and O–H groups in total. The second kappa shape index (κ2) is 7.75. The van der Waals surface area contributed by atoms with Gasteiger partial charge < -0.3 is 4.74 Å². The van der Waals surface area contributed by atoms with E-state index < -0.39 is 5.60 Å². The van der Waals surface area contributed by atoms with E-state index in [4.69, 9.17) is 9.57 Å². The first kappa shape index (κ1) is 17.7. The summed E-state index contributed by atoms with van der Waals surface area (Å²) in [4.78, 5) is 29.0. The average Bonchev–Trinajstić information content (AvgIpc) is 2.58. The highest BCUT2D eigenvalue weighted by Gasteiger charge is 2.13. The maximum atomic E-state index is 12.3. The van der Waals surface area contributed by atoms with E-state index in [1.54, 1.807) is 36.4 Å². The first-order chi connectivity index (χ1) is 11.3. The first-order valence-electron chi connectivity index (χ1n) is 7.64. The van der Waals surface area contributed by atoms with Crippen LogP contribution in [0.4, 0.5) is 0 Å². The van der Waals surface area contributed by atoms with Gasteiger partial charge in [-0.3, -0.25) is 14.4 Å². The quantitative estimate of drug-likeness (QED) is 0.654. The molecule has 126 valence electrons. The lowest BCUT2D eigenvalue weighted by Crippen LogP contribution is -2.36. The standard InChI is InChI=1S/C19H21NO4/c1-19(2,3)24-20-17(21)13-23-16-11-9-15(10-12-16)18(22)14-7-5-4-6-8-14/h4-12H,13H2,1-3H3,(H,20,21). The van der Waals surface area contributed by atoms with Crippen molar-refractivity contribution in [3.05, 3.63) is 65.7 Å². The molecule has 24 heavy (non-hydrogen) atoms. The summed E-state index contributed by atoms with van der Waals surface area (Å²) in [5, 5.41) is 0. The van der Waals surface area contributed by atoms with E-state index in [1.165, 1.54) is 0 Å². The van der Waals surface area contributed by atoms with Gasteiger partial charge in [0.15, 0.2) is 12.4 Å².